The molecule has 25 heavy (non-hydrogen) atoms. The Balaban J connectivity index is 1.65. The van der Waals surface area contributed by atoms with Gasteiger partial charge in [-0.25, -0.2) is 4.79 Å². The average Bonchev–Trinajstić information content (AvgIpc) is 2.81. The number of esters is 1. The highest BCUT2D eigenvalue weighted by Gasteiger charge is 2.57. The molecule has 1 aromatic rings. The molecule has 2 aliphatic rings. The fourth-order valence-electron chi connectivity index (χ4n) is 3.18. The van der Waals surface area contributed by atoms with E-state index in [0.717, 1.165) is 0 Å². The number of phenolic OH excluding ortho intramolecular Hbond substituents is 1. The topological polar surface area (TPSA) is 126 Å². The van der Waals surface area contributed by atoms with Crippen molar-refractivity contribution >= 4 is 12.0 Å². The number of aromatic hydroxyl groups is 1. The van der Waals surface area contributed by atoms with Crippen molar-refractivity contribution in [2.45, 2.75) is 43.0 Å². The summed E-state index contributed by atoms with van der Waals surface area (Å²) in [5.41, 5.74) is -0.900. The number of aliphatic hydroxyl groups is 3. The van der Waals surface area contributed by atoms with E-state index in [9.17, 15) is 25.2 Å². The molecule has 4 N–H and O–H groups in total. The van der Waals surface area contributed by atoms with Gasteiger partial charge in [-0.15, -0.1) is 0 Å². The Kier molecular flexibility index (Phi) is 4.70. The summed E-state index contributed by atoms with van der Waals surface area (Å²) in [5, 5.41) is 39.4. The molecule has 0 amide bonds. The largest absolute Gasteiger partial charge is 0.504 e. The number of carbonyl (C=O) groups is 1. The minimum Gasteiger partial charge on any atom is -0.504 e. The molecule has 0 radical (unpaired) electrons. The Bertz CT molecular complexity index is 687. The molecular weight excluding hydrogens is 332 g/mol. The van der Waals surface area contributed by atoms with Crippen molar-refractivity contribution in [3.8, 4) is 11.5 Å². The van der Waals surface area contributed by atoms with Gasteiger partial charge in [0.05, 0.1) is 13.2 Å². The van der Waals surface area contributed by atoms with Crippen molar-refractivity contribution in [3.63, 3.8) is 0 Å². The number of phenols is 1. The van der Waals surface area contributed by atoms with Gasteiger partial charge in [-0.1, -0.05) is 6.07 Å². The maximum atomic E-state index is 12.0. The van der Waals surface area contributed by atoms with Crippen molar-refractivity contribution in [2.24, 2.45) is 0 Å². The third-order valence-corrected chi connectivity index (χ3v) is 4.49. The van der Waals surface area contributed by atoms with Crippen LogP contribution in [0.1, 0.15) is 18.4 Å². The third-order valence-electron chi connectivity index (χ3n) is 4.49. The molecular formula is C17H20O8. The van der Waals surface area contributed by atoms with Crippen LogP contribution in [0.4, 0.5) is 0 Å². The Morgan fingerprint density at radius 1 is 1.36 bits per heavy atom. The Hall–Kier alpha value is -2.13. The minimum absolute atomic E-state index is 0.0167. The van der Waals surface area contributed by atoms with E-state index < -0.39 is 36.2 Å². The van der Waals surface area contributed by atoms with Gasteiger partial charge >= 0.3 is 5.97 Å². The predicted molar refractivity (Wildman–Crippen MR) is 84.6 cm³/mol. The number of carbonyl (C=O) groups excluding carboxylic acids is 1. The zero-order chi connectivity index (χ0) is 18.2. The monoisotopic (exact) mass is 352 g/mol. The lowest BCUT2D eigenvalue weighted by Gasteiger charge is -2.34. The van der Waals surface area contributed by atoms with Crippen LogP contribution in [-0.4, -0.2) is 63.7 Å². The Morgan fingerprint density at radius 3 is 2.84 bits per heavy atom. The SMILES string of the molecule is COc1cc(/C=C/C(=O)O[C@@H]2C(O)C[C@]3(O)CC2OC3O)ccc1O. The van der Waals surface area contributed by atoms with Gasteiger partial charge in [-0.3, -0.25) is 0 Å². The lowest BCUT2D eigenvalue weighted by Crippen LogP contribution is -2.50. The fourth-order valence-corrected chi connectivity index (χ4v) is 3.18. The van der Waals surface area contributed by atoms with Crippen molar-refractivity contribution in [1.82, 2.24) is 0 Å². The number of ether oxygens (including phenoxy) is 3. The second-order valence-electron chi connectivity index (χ2n) is 6.27. The van der Waals surface area contributed by atoms with Crippen LogP contribution in [0.2, 0.25) is 0 Å². The summed E-state index contributed by atoms with van der Waals surface area (Å²) in [6.45, 7) is 0. The van der Waals surface area contributed by atoms with Gasteiger partial charge < -0.3 is 34.6 Å². The van der Waals surface area contributed by atoms with Gasteiger partial charge in [-0.2, -0.15) is 0 Å². The van der Waals surface area contributed by atoms with Crippen LogP contribution in [0.3, 0.4) is 0 Å². The first kappa shape index (κ1) is 17.7. The fraction of sp³-hybridized carbons (Fsp3) is 0.471. The Labute approximate surface area is 143 Å². The first-order chi connectivity index (χ1) is 11.8. The van der Waals surface area contributed by atoms with E-state index in [0.29, 0.717) is 5.56 Å². The highest BCUT2D eigenvalue weighted by molar-refractivity contribution is 5.87. The molecule has 5 atom stereocenters. The first-order valence-electron chi connectivity index (χ1n) is 7.82. The molecule has 1 aromatic carbocycles. The van der Waals surface area contributed by atoms with E-state index in [1.165, 1.54) is 25.3 Å². The molecule has 3 rings (SSSR count). The zero-order valence-corrected chi connectivity index (χ0v) is 13.5. The molecule has 1 heterocycles. The van der Waals surface area contributed by atoms with Gasteiger partial charge in [-0.05, 0) is 23.8 Å². The van der Waals surface area contributed by atoms with Gasteiger partial charge in [0.15, 0.2) is 23.9 Å². The molecule has 2 fully saturated rings. The van der Waals surface area contributed by atoms with Gasteiger partial charge in [0.2, 0.25) is 0 Å². The molecule has 2 bridgehead atoms. The maximum absolute atomic E-state index is 12.0. The highest BCUT2D eigenvalue weighted by Crippen LogP contribution is 2.41. The van der Waals surface area contributed by atoms with E-state index in [2.05, 4.69) is 0 Å². The van der Waals surface area contributed by atoms with Crippen LogP contribution in [0, 0.1) is 0 Å². The molecule has 3 unspecified atom stereocenters. The van der Waals surface area contributed by atoms with Crippen molar-refractivity contribution < 1.29 is 39.4 Å². The van der Waals surface area contributed by atoms with Gasteiger partial charge in [0, 0.05) is 18.9 Å². The van der Waals surface area contributed by atoms with Gasteiger partial charge in [0.1, 0.15) is 11.7 Å². The molecule has 0 aromatic heterocycles. The summed E-state index contributed by atoms with van der Waals surface area (Å²) in [4.78, 5) is 12.0. The summed E-state index contributed by atoms with van der Waals surface area (Å²) >= 11 is 0. The van der Waals surface area contributed by atoms with Crippen LogP contribution in [0.15, 0.2) is 24.3 Å². The zero-order valence-electron chi connectivity index (χ0n) is 13.5. The molecule has 8 nitrogen and oxygen atoms in total. The molecule has 1 saturated carbocycles. The normalized spacial score (nSPS) is 34.2. The van der Waals surface area contributed by atoms with E-state index in [-0.39, 0.29) is 24.3 Å². The van der Waals surface area contributed by atoms with E-state index in [1.54, 1.807) is 12.1 Å². The molecule has 0 spiro atoms. The second kappa shape index (κ2) is 6.64. The molecule has 1 aliphatic heterocycles. The number of fused-ring (bicyclic) bond motifs is 2. The average molecular weight is 352 g/mol. The number of rotatable bonds is 4. The molecule has 8 heteroatoms. The van der Waals surface area contributed by atoms with Crippen LogP contribution in [0.5, 0.6) is 11.5 Å². The van der Waals surface area contributed by atoms with E-state index in [1.807, 2.05) is 0 Å². The summed E-state index contributed by atoms with van der Waals surface area (Å²) in [6.07, 6.45) is -1.68. The quantitative estimate of drug-likeness (QED) is 0.438. The maximum Gasteiger partial charge on any atom is 0.331 e. The molecule has 136 valence electrons. The minimum atomic E-state index is -1.51. The van der Waals surface area contributed by atoms with Crippen molar-refractivity contribution in [1.29, 1.82) is 0 Å². The smallest absolute Gasteiger partial charge is 0.331 e. The van der Waals surface area contributed by atoms with Crippen molar-refractivity contribution in [2.75, 3.05) is 7.11 Å². The van der Waals surface area contributed by atoms with Crippen LogP contribution < -0.4 is 4.74 Å². The third kappa shape index (κ3) is 3.47. The second-order valence-corrected chi connectivity index (χ2v) is 6.27. The van der Waals surface area contributed by atoms with E-state index in [4.69, 9.17) is 14.2 Å². The highest BCUT2D eigenvalue weighted by atomic mass is 16.7. The number of benzene rings is 1. The summed E-state index contributed by atoms with van der Waals surface area (Å²) < 4.78 is 15.4. The summed E-state index contributed by atoms with van der Waals surface area (Å²) in [6, 6.07) is 4.57. The number of aliphatic hydroxyl groups excluding tert-OH is 2. The lowest BCUT2D eigenvalue weighted by molar-refractivity contribution is -0.171. The number of methoxy groups -OCH3 is 1. The number of hydrogen-bond donors (Lipinski definition) is 4. The first-order valence-corrected chi connectivity index (χ1v) is 7.82. The summed E-state index contributed by atoms with van der Waals surface area (Å²) in [5.74, 6) is -0.450. The molecule has 1 aliphatic carbocycles. The van der Waals surface area contributed by atoms with Crippen LogP contribution >= 0.6 is 0 Å². The van der Waals surface area contributed by atoms with Crippen LogP contribution in [0.25, 0.3) is 6.08 Å². The van der Waals surface area contributed by atoms with Gasteiger partial charge in [0.25, 0.3) is 0 Å². The number of hydrogen-bond acceptors (Lipinski definition) is 8. The van der Waals surface area contributed by atoms with E-state index >= 15 is 0 Å². The predicted octanol–water partition coefficient (Wildman–Crippen LogP) is -0.0712. The Morgan fingerprint density at radius 2 is 2.12 bits per heavy atom. The van der Waals surface area contributed by atoms with Crippen molar-refractivity contribution in [3.05, 3.63) is 29.8 Å². The van der Waals surface area contributed by atoms with Crippen LogP contribution in [-0.2, 0) is 14.3 Å². The summed E-state index contributed by atoms with van der Waals surface area (Å²) in [7, 11) is 1.42. The standard InChI is InChI=1S/C17H20O8/c1-23-12-6-9(2-4-10(12)18)3-5-14(20)25-15-11(19)7-17(22)8-13(15)24-16(17)21/h2-6,11,13,15-16,18-19,21-22H,7-8H2,1H3/b5-3+/t11?,13?,15-,16?,17+/m1/s1. The molecule has 1 saturated heterocycles. The lowest BCUT2D eigenvalue weighted by atomic mass is 9.82.